The number of nitrogens with one attached hydrogen (secondary N) is 1. The molecule has 0 bridgehead atoms. The van der Waals surface area contributed by atoms with Crippen molar-refractivity contribution in [2.24, 2.45) is 0 Å². The quantitative estimate of drug-likeness (QED) is 0.586. The highest BCUT2D eigenvalue weighted by atomic mass is 35.5. The summed E-state index contributed by atoms with van der Waals surface area (Å²) in [4.78, 5) is 2.24. The molecule has 0 saturated carbocycles. The molecule has 144 valence electrons. The average molecular weight is 412 g/mol. The third kappa shape index (κ3) is 3.86. The van der Waals surface area contributed by atoms with Gasteiger partial charge in [-0.25, -0.2) is 0 Å². The predicted molar refractivity (Wildman–Crippen MR) is 118 cm³/mol. The van der Waals surface area contributed by atoms with Crippen LogP contribution in [0.5, 0.6) is 5.75 Å². The minimum Gasteiger partial charge on any atom is -0.494 e. The van der Waals surface area contributed by atoms with Gasteiger partial charge >= 0.3 is 0 Å². The van der Waals surface area contributed by atoms with Crippen LogP contribution in [-0.2, 0) is 6.54 Å². The average Bonchev–Trinajstić information content (AvgIpc) is 3.17. The molecule has 0 amide bonds. The van der Waals surface area contributed by atoms with Gasteiger partial charge in [-0.15, -0.1) is 0 Å². The van der Waals surface area contributed by atoms with E-state index in [4.69, 9.17) is 28.6 Å². The van der Waals surface area contributed by atoms with Crippen LogP contribution in [0.25, 0.3) is 0 Å². The summed E-state index contributed by atoms with van der Waals surface area (Å²) >= 11 is 11.9. The van der Waals surface area contributed by atoms with E-state index < -0.39 is 0 Å². The zero-order valence-corrected chi connectivity index (χ0v) is 17.2. The first-order chi connectivity index (χ1) is 13.7. The SMILES string of the molecule is CCOc1ccc([C@H]2c3cccn3CCN2C(=S)Nc2cccc(Cl)c2)cc1. The number of halogens is 1. The van der Waals surface area contributed by atoms with E-state index >= 15 is 0 Å². The van der Waals surface area contributed by atoms with E-state index in [-0.39, 0.29) is 6.04 Å². The zero-order chi connectivity index (χ0) is 19.5. The van der Waals surface area contributed by atoms with Gasteiger partial charge in [0.1, 0.15) is 5.75 Å². The number of ether oxygens (including phenoxy) is 1. The first-order valence-corrected chi connectivity index (χ1v) is 10.2. The minimum absolute atomic E-state index is 0.0404. The maximum absolute atomic E-state index is 6.12. The van der Waals surface area contributed by atoms with Crippen molar-refractivity contribution in [2.75, 3.05) is 18.5 Å². The van der Waals surface area contributed by atoms with Crippen molar-refractivity contribution < 1.29 is 4.74 Å². The molecule has 0 spiro atoms. The standard InChI is InChI=1S/C22H22ClN3OS/c1-2-27-19-10-8-16(9-11-19)21-20-7-4-12-25(20)13-14-26(21)22(28)24-18-6-3-5-17(23)15-18/h3-12,15,21H,2,13-14H2,1H3,(H,24,28)/t21-/m0/s1. The highest BCUT2D eigenvalue weighted by Gasteiger charge is 2.30. The van der Waals surface area contributed by atoms with Crippen molar-refractivity contribution in [3.05, 3.63) is 83.1 Å². The lowest BCUT2D eigenvalue weighted by atomic mass is 10.00. The maximum Gasteiger partial charge on any atom is 0.174 e. The number of anilines is 1. The Kier molecular flexibility index (Phi) is 5.55. The number of aromatic nitrogens is 1. The van der Waals surface area contributed by atoms with Crippen LogP contribution in [0.15, 0.2) is 66.9 Å². The summed E-state index contributed by atoms with van der Waals surface area (Å²) in [6.07, 6.45) is 2.13. The summed E-state index contributed by atoms with van der Waals surface area (Å²) in [7, 11) is 0. The second kappa shape index (κ2) is 8.25. The Labute approximate surface area is 175 Å². The topological polar surface area (TPSA) is 29.4 Å². The van der Waals surface area contributed by atoms with E-state index in [9.17, 15) is 0 Å². The Bertz CT molecular complexity index is 970. The molecule has 0 unspecified atom stereocenters. The molecule has 1 N–H and O–H groups in total. The molecule has 1 aliphatic heterocycles. The first kappa shape index (κ1) is 18.8. The Morgan fingerprint density at radius 1 is 1.14 bits per heavy atom. The van der Waals surface area contributed by atoms with E-state index in [0.717, 1.165) is 24.5 Å². The van der Waals surface area contributed by atoms with E-state index in [0.29, 0.717) is 16.7 Å². The fourth-order valence-electron chi connectivity index (χ4n) is 3.63. The van der Waals surface area contributed by atoms with Gasteiger partial charge in [0.15, 0.2) is 5.11 Å². The van der Waals surface area contributed by atoms with Gasteiger partial charge in [-0.3, -0.25) is 0 Å². The molecule has 4 rings (SSSR count). The highest BCUT2D eigenvalue weighted by molar-refractivity contribution is 7.80. The van der Waals surface area contributed by atoms with Crippen LogP contribution in [0.3, 0.4) is 0 Å². The van der Waals surface area contributed by atoms with Crippen molar-refractivity contribution in [3.63, 3.8) is 0 Å². The molecule has 1 atom stereocenters. The largest absolute Gasteiger partial charge is 0.494 e. The summed E-state index contributed by atoms with van der Waals surface area (Å²) < 4.78 is 7.89. The molecule has 1 aromatic heterocycles. The van der Waals surface area contributed by atoms with Crippen LogP contribution < -0.4 is 10.1 Å². The van der Waals surface area contributed by atoms with Crippen molar-refractivity contribution in [3.8, 4) is 5.75 Å². The van der Waals surface area contributed by atoms with Gasteiger partial charge in [-0.2, -0.15) is 0 Å². The Morgan fingerprint density at radius 3 is 2.71 bits per heavy atom. The Balaban J connectivity index is 1.64. The summed E-state index contributed by atoms with van der Waals surface area (Å²) in [5.41, 5.74) is 3.30. The number of fused-ring (bicyclic) bond motifs is 1. The summed E-state index contributed by atoms with van der Waals surface area (Å²) in [5, 5.41) is 4.72. The molecule has 4 nitrogen and oxygen atoms in total. The van der Waals surface area contributed by atoms with Crippen LogP contribution >= 0.6 is 23.8 Å². The molecule has 1 aliphatic rings. The van der Waals surface area contributed by atoms with Crippen molar-refractivity contribution >= 4 is 34.6 Å². The fraction of sp³-hybridized carbons (Fsp3) is 0.227. The van der Waals surface area contributed by atoms with Gasteiger partial charge in [-0.1, -0.05) is 29.8 Å². The monoisotopic (exact) mass is 411 g/mol. The third-order valence-corrected chi connectivity index (χ3v) is 5.45. The first-order valence-electron chi connectivity index (χ1n) is 9.36. The molecular weight excluding hydrogens is 390 g/mol. The number of benzene rings is 2. The molecule has 0 saturated heterocycles. The number of hydrogen-bond donors (Lipinski definition) is 1. The molecular formula is C22H22ClN3OS. The molecule has 0 fully saturated rings. The fourth-order valence-corrected chi connectivity index (χ4v) is 4.13. The Morgan fingerprint density at radius 2 is 1.96 bits per heavy atom. The lowest BCUT2D eigenvalue weighted by Crippen LogP contribution is -2.44. The van der Waals surface area contributed by atoms with Gasteiger partial charge in [0.05, 0.1) is 12.6 Å². The van der Waals surface area contributed by atoms with E-state index in [1.54, 1.807) is 0 Å². The van der Waals surface area contributed by atoms with Crippen molar-refractivity contribution in [1.82, 2.24) is 9.47 Å². The second-order valence-corrected chi connectivity index (χ2v) is 7.49. The number of thiocarbonyl (C=S) groups is 1. The van der Waals surface area contributed by atoms with Gasteiger partial charge in [0.25, 0.3) is 0 Å². The van der Waals surface area contributed by atoms with Crippen LogP contribution in [0.4, 0.5) is 5.69 Å². The smallest absolute Gasteiger partial charge is 0.174 e. The summed E-state index contributed by atoms with van der Waals surface area (Å²) in [5.74, 6) is 0.878. The van der Waals surface area contributed by atoms with E-state index in [1.807, 2.05) is 43.3 Å². The number of hydrogen-bond acceptors (Lipinski definition) is 2. The summed E-state index contributed by atoms with van der Waals surface area (Å²) in [6, 6.07) is 20.2. The molecule has 3 aromatic rings. The van der Waals surface area contributed by atoms with Crippen LogP contribution in [0.1, 0.15) is 24.2 Å². The van der Waals surface area contributed by atoms with E-state index in [1.165, 1.54) is 11.3 Å². The van der Waals surface area contributed by atoms with Gasteiger partial charge in [0, 0.05) is 35.7 Å². The normalized spacial score (nSPS) is 15.8. The van der Waals surface area contributed by atoms with E-state index in [2.05, 4.69) is 45.2 Å². The highest BCUT2D eigenvalue weighted by Crippen LogP contribution is 2.34. The van der Waals surface area contributed by atoms with Crippen LogP contribution in [0.2, 0.25) is 5.02 Å². The molecule has 2 aromatic carbocycles. The lowest BCUT2D eigenvalue weighted by Gasteiger charge is -2.39. The van der Waals surface area contributed by atoms with Crippen molar-refractivity contribution in [2.45, 2.75) is 19.5 Å². The molecule has 2 heterocycles. The zero-order valence-electron chi connectivity index (χ0n) is 15.6. The molecule has 0 radical (unpaired) electrons. The number of nitrogens with zero attached hydrogens (tertiary/aromatic N) is 2. The third-order valence-electron chi connectivity index (χ3n) is 4.88. The minimum atomic E-state index is 0.0404. The van der Waals surface area contributed by atoms with Gasteiger partial charge in [-0.05, 0) is 67.2 Å². The van der Waals surface area contributed by atoms with Gasteiger partial charge in [0.2, 0.25) is 0 Å². The Hall–Kier alpha value is -2.50. The van der Waals surface area contributed by atoms with Crippen LogP contribution in [-0.4, -0.2) is 27.7 Å². The molecule has 0 aliphatic carbocycles. The molecule has 6 heteroatoms. The molecule has 28 heavy (non-hydrogen) atoms. The number of rotatable bonds is 4. The van der Waals surface area contributed by atoms with Crippen LogP contribution in [0, 0.1) is 0 Å². The predicted octanol–water partition coefficient (Wildman–Crippen LogP) is 5.34. The van der Waals surface area contributed by atoms with Crippen molar-refractivity contribution in [1.29, 1.82) is 0 Å². The summed E-state index contributed by atoms with van der Waals surface area (Å²) in [6.45, 7) is 4.37. The maximum atomic E-state index is 6.12. The lowest BCUT2D eigenvalue weighted by molar-refractivity contribution is 0.293. The second-order valence-electron chi connectivity index (χ2n) is 6.66. The van der Waals surface area contributed by atoms with Gasteiger partial charge < -0.3 is 19.5 Å².